The molecule has 0 saturated carbocycles. The van der Waals surface area contributed by atoms with Crippen LogP contribution < -0.4 is 15.8 Å². The van der Waals surface area contributed by atoms with Gasteiger partial charge in [-0.1, -0.05) is 36.5 Å². The van der Waals surface area contributed by atoms with E-state index in [0.717, 1.165) is 0 Å². The van der Waals surface area contributed by atoms with E-state index in [4.69, 9.17) is 22.7 Å². The van der Waals surface area contributed by atoms with Crippen LogP contribution in [0.4, 0.5) is 10.1 Å². The maximum atomic E-state index is 13.3. The average molecular weight is 304 g/mol. The highest BCUT2D eigenvalue weighted by molar-refractivity contribution is 7.80. The Labute approximate surface area is 126 Å². The number of carbonyl (C=O) groups excluding carboxylic acids is 1. The molecule has 2 aromatic rings. The Morgan fingerprint density at radius 2 is 2.00 bits per heavy atom. The third-order valence-electron chi connectivity index (χ3n) is 2.63. The van der Waals surface area contributed by atoms with Crippen LogP contribution in [0.3, 0.4) is 0 Å². The predicted octanol–water partition coefficient (Wildman–Crippen LogP) is 2.48. The number of anilines is 1. The number of nitrogens with two attached hydrogens (primary N) is 1. The lowest BCUT2D eigenvalue weighted by atomic mass is 10.2. The highest BCUT2D eigenvalue weighted by atomic mass is 32.1. The molecule has 0 aliphatic rings. The van der Waals surface area contributed by atoms with Gasteiger partial charge in [0, 0.05) is 11.3 Å². The van der Waals surface area contributed by atoms with Crippen molar-refractivity contribution in [3.8, 4) is 5.75 Å². The van der Waals surface area contributed by atoms with E-state index >= 15 is 0 Å². The fourth-order valence-electron chi connectivity index (χ4n) is 1.65. The summed E-state index contributed by atoms with van der Waals surface area (Å²) in [5, 5.41) is 2.63. The van der Waals surface area contributed by atoms with Crippen LogP contribution in [0, 0.1) is 5.82 Å². The van der Waals surface area contributed by atoms with Gasteiger partial charge in [0.05, 0.1) is 0 Å². The van der Waals surface area contributed by atoms with E-state index in [1.807, 2.05) is 0 Å². The summed E-state index contributed by atoms with van der Waals surface area (Å²) in [7, 11) is 0. The SMILES string of the molecule is NC(=S)c1cccc(NC(=O)COc2ccccc2F)c1. The van der Waals surface area contributed by atoms with Crippen molar-refractivity contribution in [2.24, 2.45) is 5.73 Å². The average Bonchev–Trinajstić information content (AvgIpc) is 2.46. The second-order valence-corrected chi connectivity index (χ2v) is 4.65. The Hall–Kier alpha value is -2.47. The molecule has 2 aromatic carbocycles. The van der Waals surface area contributed by atoms with E-state index in [0.29, 0.717) is 11.3 Å². The summed E-state index contributed by atoms with van der Waals surface area (Å²) in [6.45, 7) is -0.293. The van der Waals surface area contributed by atoms with Crippen LogP contribution in [0.5, 0.6) is 5.75 Å². The number of thiocarbonyl (C=S) groups is 1. The minimum absolute atomic E-state index is 0.0320. The first-order valence-electron chi connectivity index (χ1n) is 6.13. The van der Waals surface area contributed by atoms with E-state index in [-0.39, 0.29) is 17.3 Å². The number of amides is 1. The third-order valence-corrected chi connectivity index (χ3v) is 2.86. The zero-order valence-corrected chi connectivity index (χ0v) is 11.8. The van der Waals surface area contributed by atoms with Crippen LogP contribution in [0.15, 0.2) is 48.5 Å². The van der Waals surface area contributed by atoms with Crippen molar-refractivity contribution in [1.82, 2.24) is 0 Å². The quantitative estimate of drug-likeness (QED) is 0.833. The fourth-order valence-corrected chi connectivity index (χ4v) is 1.78. The van der Waals surface area contributed by atoms with Crippen LogP contribution in [-0.4, -0.2) is 17.5 Å². The number of benzene rings is 2. The number of halogens is 1. The molecule has 0 bridgehead atoms. The van der Waals surface area contributed by atoms with Gasteiger partial charge in [0.2, 0.25) is 0 Å². The highest BCUT2D eigenvalue weighted by Gasteiger charge is 2.07. The van der Waals surface area contributed by atoms with Gasteiger partial charge in [-0.2, -0.15) is 0 Å². The molecular formula is C15H13FN2O2S. The normalized spacial score (nSPS) is 9.95. The molecule has 0 atom stereocenters. The first-order valence-corrected chi connectivity index (χ1v) is 6.54. The molecule has 108 valence electrons. The topological polar surface area (TPSA) is 64.3 Å². The number of ether oxygens (including phenoxy) is 1. The molecule has 0 aliphatic heterocycles. The first kappa shape index (κ1) is 14.9. The van der Waals surface area contributed by atoms with Crippen LogP contribution in [0.1, 0.15) is 5.56 Å². The molecule has 0 unspecified atom stereocenters. The molecule has 0 heterocycles. The molecule has 0 saturated heterocycles. The van der Waals surface area contributed by atoms with Crippen LogP contribution in [0.25, 0.3) is 0 Å². The van der Waals surface area contributed by atoms with Gasteiger partial charge < -0.3 is 15.8 Å². The number of carbonyl (C=O) groups is 1. The largest absolute Gasteiger partial charge is 0.481 e. The number of para-hydroxylation sites is 1. The van der Waals surface area contributed by atoms with Crippen molar-refractivity contribution in [1.29, 1.82) is 0 Å². The van der Waals surface area contributed by atoms with E-state index < -0.39 is 11.7 Å². The molecule has 0 aliphatic carbocycles. The lowest BCUT2D eigenvalue weighted by Gasteiger charge is -2.09. The smallest absolute Gasteiger partial charge is 0.262 e. The van der Waals surface area contributed by atoms with Gasteiger partial charge in [-0.05, 0) is 24.3 Å². The minimum atomic E-state index is -0.513. The van der Waals surface area contributed by atoms with Crippen molar-refractivity contribution in [3.05, 3.63) is 59.9 Å². The van der Waals surface area contributed by atoms with Crippen molar-refractivity contribution in [2.75, 3.05) is 11.9 Å². The zero-order chi connectivity index (χ0) is 15.2. The summed E-state index contributed by atoms with van der Waals surface area (Å²) in [6, 6.07) is 12.7. The van der Waals surface area contributed by atoms with Crippen LogP contribution in [0.2, 0.25) is 0 Å². The summed E-state index contributed by atoms with van der Waals surface area (Å²) in [4.78, 5) is 12.0. The summed E-state index contributed by atoms with van der Waals surface area (Å²) < 4.78 is 18.4. The fraction of sp³-hybridized carbons (Fsp3) is 0.0667. The summed E-state index contributed by atoms with van der Waals surface area (Å²) in [5.74, 6) is -0.886. The van der Waals surface area contributed by atoms with Crippen molar-refractivity contribution < 1.29 is 13.9 Å². The molecular weight excluding hydrogens is 291 g/mol. The molecule has 0 aromatic heterocycles. The lowest BCUT2D eigenvalue weighted by molar-refractivity contribution is -0.118. The Balaban J connectivity index is 1.95. The number of rotatable bonds is 5. The molecule has 4 nitrogen and oxygen atoms in total. The number of hydrogen-bond acceptors (Lipinski definition) is 3. The van der Waals surface area contributed by atoms with Gasteiger partial charge in [-0.15, -0.1) is 0 Å². The standard InChI is InChI=1S/C15H13FN2O2S/c16-12-6-1-2-7-13(12)20-9-14(19)18-11-5-3-4-10(8-11)15(17)21/h1-8H,9H2,(H2,17,21)(H,18,19). The van der Waals surface area contributed by atoms with Gasteiger partial charge in [0.1, 0.15) is 4.99 Å². The third kappa shape index (κ3) is 4.25. The molecule has 0 spiro atoms. The van der Waals surface area contributed by atoms with E-state index in [9.17, 15) is 9.18 Å². The molecule has 3 N–H and O–H groups in total. The summed E-state index contributed by atoms with van der Waals surface area (Å²) in [6.07, 6.45) is 0. The second-order valence-electron chi connectivity index (χ2n) is 4.21. The van der Waals surface area contributed by atoms with Gasteiger partial charge in [0.25, 0.3) is 5.91 Å². The Morgan fingerprint density at radius 3 is 2.71 bits per heavy atom. The van der Waals surface area contributed by atoms with Gasteiger partial charge in [-0.3, -0.25) is 4.79 Å². The Kier molecular flexibility index (Phi) is 4.84. The maximum absolute atomic E-state index is 13.3. The maximum Gasteiger partial charge on any atom is 0.262 e. The van der Waals surface area contributed by atoms with Crippen molar-refractivity contribution in [2.45, 2.75) is 0 Å². The molecule has 2 rings (SSSR count). The van der Waals surface area contributed by atoms with E-state index in [1.54, 1.807) is 36.4 Å². The van der Waals surface area contributed by atoms with Crippen molar-refractivity contribution in [3.63, 3.8) is 0 Å². The highest BCUT2D eigenvalue weighted by Crippen LogP contribution is 2.15. The minimum Gasteiger partial charge on any atom is -0.481 e. The Bertz CT molecular complexity index is 676. The Morgan fingerprint density at radius 1 is 1.24 bits per heavy atom. The molecule has 21 heavy (non-hydrogen) atoms. The van der Waals surface area contributed by atoms with Gasteiger partial charge >= 0.3 is 0 Å². The molecule has 1 amide bonds. The predicted molar refractivity (Wildman–Crippen MR) is 82.9 cm³/mol. The van der Waals surface area contributed by atoms with Gasteiger partial charge in [0.15, 0.2) is 18.2 Å². The molecule has 0 radical (unpaired) electrons. The second kappa shape index (κ2) is 6.81. The monoisotopic (exact) mass is 304 g/mol. The van der Waals surface area contributed by atoms with Crippen LogP contribution in [-0.2, 0) is 4.79 Å². The number of nitrogens with one attached hydrogen (secondary N) is 1. The number of hydrogen-bond donors (Lipinski definition) is 2. The zero-order valence-electron chi connectivity index (χ0n) is 11.0. The summed E-state index contributed by atoms with van der Waals surface area (Å²) >= 11 is 4.86. The molecule has 0 fully saturated rings. The van der Waals surface area contributed by atoms with E-state index in [1.165, 1.54) is 12.1 Å². The van der Waals surface area contributed by atoms with Gasteiger partial charge in [-0.25, -0.2) is 4.39 Å². The van der Waals surface area contributed by atoms with Crippen LogP contribution >= 0.6 is 12.2 Å². The lowest BCUT2D eigenvalue weighted by Crippen LogP contribution is -2.20. The van der Waals surface area contributed by atoms with E-state index in [2.05, 4.69) is 5.32 Å². The first-order chi connectivity index (χ1) is 10.1. The molecule has 6 heteroatoms. The summed E-state index contributed by atoms with van der Waals surface area (Å²) in [5.41, 5.74) is 6.71. The van der Waals surface area contributed by atoms with Crippen molar-refractivity contribution >= 4 is 28.8 Å².